The highest BCUT2D eigenvalue weighted by Crippen LogP contribution is 2.46. The lowest BCUT2D eigenvalue weighted by molar-refractivity contribution is -0.372. The van der Waals surface area contributed by atoms with Crippen LogP contribution >= 0.6 is 11.3 Å². The summed E-state index contributed by atoms with van der Waals surface area (Å²) in [5.41, 5.74) is 1.33. The van der Waals surface area contributed by atoms with Gasteiger partial charge in [-0.15, -0.1) is 11.3 Å². The molecule has 2 saturated heterocycles. The lowest BCUT2D eigenvalue weighted by Crippen LogP contribution is -2.52. The average molecular weight is 380 g/mol. The van der Waals surface area contributed by atoms with E-state index in [2.05, 4.69) is 26.4 Å². The third-order valence-corrected chi connectivity index (χ3v) is 6.62. The second kappa shape index (κ2) is 6.15. The molecule has 0 aromatic carbocycles. The molecule has 2 N–H and O–H groups in total. The van der Waals surface area contributed by atoms with Gasteiger partial charge in [0, 0.05) is 48.3 Å². The van der Waals surface area contributed by atoms with E-state index in [0.717, 1.165) is 28.8 Å². The van der Waals surface area contributed by atoms with Crippen LogP contribution in [0.2, 0.25) is 0 Å². The predicted octanol–water partition coefficient (Wildman–Crippen LogP) is 1.59. The maximum absolute atomic E-state index is 13.2. The molecule has 2 atom stereocenters. The van der Waals surface area contributed by atoms with Gasteiger partial charge in [0.15, 0.2) is 0 Å². The standard InChI is InChI=1S/C19H17N5O2S/c25-18(12-3-17(27-10-12)13-6-22-23-7-13)24-15-1-2-16(24)5-19(26,4-15)14-8-20-11-21-9-14/h3,6,8-11,15-16,26H,1-2,4-5H2/p+1. The molecule has 2 aliphatic rings. The number of H-pyrrole nitrogens is 1. The summed E-state index contributed by atoms with van der Waals surface area (Å²) in [6, 6.07) is 1.97. The molecular weight excluding hydrogens is 362 g/mol. The lowest BCUT2D eigenvalue weighted by atomic mass is 9.81. The summed E-state index contributed by atoms with van der Waals surface area (Å²) >= 11 is 1.51. The van der Waals surface area contributed by atoms with Crippen molar-refractivity contribution in [2.75, 3.05) is 0 Å². The number of nitrogens with zero attached hydrogens (tertiary/aromatic N) is 4. The minimum atomic E-state index is -0.963. The minimum Gasteiger partial charge on any atom is -0.385 e. The van der Waals surface area contributed by atoms with E-state index in [0.29, 0.717) is 18.4 Å². The van der Waals surface area contributed by atoms with E-state index >= 15 is 0 Å². The van der Waals surface area contributed by atoms with Crippen molar-refractivity contribution in [2.45, 2.75) is 43.4 Å². The van der Waals surface area contributed by atoms with Gasteiger partial charge in [-0.05, 0) is 18.9 Å². The summed E-state index contributed by atoms with van der Waals surface area (Å²) in [4.78, 5) is 24.2. The fourth-order valence-electron chi connectivity index (χ4n) is 4.42. The molecule has 27 heavy (non-hydrogen) atoms. The van der Waals surface area contributed by atoms with Gasteiger partial charge in [0.2, 0.25) is 0 Å². The number of thiophene rings is 1. The number of hydrogen-bond acceptors (Lipinski definition) is 5. The first kappa shape index (κ1) is 16.4. The van der Waals surface area contributed by atoms with Gasteiger partial charge in [-0.2, -0.15) is 0 Å². The van der Waals surface area contributed by atoms with Crippen LogP contribution in [-0.4, -0.2) is 43.1 Å². The molecule has 5 rings (SSSR count). The van der Waals surface area contributed by atoms with E-state index in [1.807, 2.05) is 16.3 Å². The van der Waals surface area contributed by atoms with Crippen LogP contribution in [-0.2, 0) is 5.60 Å². The van der Waals surface area contributed by atoms with Crippen molar-refractivity contribution in [1.82, 2.24) is 20.0 Å². The molecule has 0 spiro atoms. The number of amides is 1. The number of fused-ring (bicyclic) bond motifs is 2. The number of hydrogen-bond donors (Lipinski definition) is 2. The largest absolute Gasteiger partial charge is 0.385 e. The molecule has 3 aromatic heterocycles. The Kier molecular flexibility index (Phi) is 3.74. The van der Waals surface area contributed by atoms with Gasteiger partial charge in [0.25, 0.3) is 5.91 Å². The van der Waals surface area contributed by atoms with Crippen molar-refractivity contribution >= 4 is 17.2 Å². The van der Waals surface area contributed by atoms with Gasteiger partial charge >= 0.3 is 6.20 Å². The van der Waals surface area contributed by atoms with Crippen molar-refractivity contribution in [2.24, 2.45) is 0 Å². The van der Waals surface area contributed by atoms with E-state index in [1.54, 1.807) is 18.6 Å². The Morgan fingerprint density at radius 3 is 2.74 bits per heavy atom. The molecule has 0 saturated carbocycles. The van der Waals surface area contributed by atoms with E-state index in [1.165, 1.54) is 17.7 Å². The molecule has 2 aliphatic heterocycles. The van der Waals surface area contributed by atoms with E-state index in [-0.39, 0.29) is 18.0 Å². The summed E-state index contributed by atoms with van der Waals surface area (Å²) in [6.45, 7) is 0. The SMILES string of the molecule is O=C(c1csc(-c2c#[n+][nH]c2)c1)N1C2CCC1CC(O)(c1cncnc1)C2. The first-order chi connectivity index (χ1) is 13.1. The highest BCUT2D eigenvalue weighted by atomic mass is 32.1. The number of rotatable bonds is 3. The van der Waals surface area contributed by atoms with E-state index in [4.69, 9.17) is 0 Å². The number of aromatic nitrogens is 4. The summed E-state index contributed by atoms with van der Waals surface area (Å²) in [7, 11) is 0. The smallest absolute Gasteiger partial charge is 0.360 e. The van der Waals surface area contributed by atoms with Gasteiger partial charge in [0.1, 0.15) is 18.1 Å². The Morgan fingerprint density at radius 1 is 1.33 bits per heavy atom. The fraction of sp³-hybridized carbons (Fsp3) is 0.368. The van der Waals surface area contributed by atoms with Gasteiger partial charge in [-0.3, -0.25) is 4.79 Å². The molecule has 1 amide bonds. The number of aromatic amines is 1. The molecule has 2 bridgehead atoms. The maximum atomic E-state index is 13.2. The molecule has 3 aromatic rings. The number of nitrogens with one attached hydrogen (secondary N) is 1. The molecule has 0 aliphatic carbocycles. The summed E-state index contributed by atoms with van der Waals surface area (Å²) in [5, 5.41) is 19.7. The third-order valence-electron chi connectivity index (χ3n) is 5.66. The zero-order valence-electron chi connectivity index (χ0n) is 14.5. The monoisotopic (exact) mass is 380 g/mol. The van der Waals surface area contributed by atoms with E-state index in [9.17, 15) is 9.90 Å². The second-order valence-corrected chi connectivity index (χ2v) is 8.19. The van der Waals surface area contributed by atoms with Crippen molar-refractivity contribution < 1.29 is 15.0 Å². The zero-order chi connectivity index (χ0) is 18.4. The first-order valence-electron chi connectivity index (χ1n) is 8.95. The Bertz CT molecular complexity index is 942. The Morgan fingerprint density at radius 2 is 2.07 bits per heavy atom. The number of carbonyl (C=O) groups is 1. The minimum absolute atomic E-state index is 0.0327. The van der Waals surface area contributed by atoms with Crippen LogP contribution in [0.3, 0.4) is 0 Å². The molecule has 0 radical (unpaired) electrons. The quantitative estimate of drug-likeness (QED) is 0.719. The van der Waals surface area contributed by atoms with Gasteiger partial charge in [0.05, 0.1) is 21.1 Å². The normalized spacial score (nSPS) is 26.8. The predicted molar refractivity (Wildman–Crippen MR) is 96.7 cm³/mol. The Hall–Kier alpha value is -2.76. The Labute approximate surface area is 160 Å². The van der Waals surface area contributed by atoms with Gasteiger partial charge in [-0.1, -0.05) is 5.10 Å². The summed E-state index contributed by atoms with van der Waals surface area (Å²) in [6.07, 6.45) is 12.3. The van der Waals surface area contributed by atoms with Crippen LogP contribution in [0, 0.1) is 6.20 Å². The number of piperidine rings is 1. The van der Waals surface area contributed by atoms with Crippen LogP contribution in [0.25, 0.3) is 10.4 Å². The third kappa shape index (κ3) is 2.71. The molecule has 136 valence electrons. The summed E-state index contributed by atoms with van der Waals surface area (Å²) < 4.78 is 0. The van der Waals surface area contributed by atoms with Crippen molar-refractivity contribution in [3.63, 3.8) is 0 Å². The lowest BCUT2D eigenvalue weighted by Gasteiger charge is -2.43. The zero-order valence-corrected chi connectivity index (χ0v) is 15.3. The summed E-state index contributed by atoms with van der Waals surface area (Å²) in [5.74, 6) is 0.0415. The molecule has 5 heterocycles. The topological polar surface area (TPSA) is 96.2 Å². The molecular formula is C19H18N5O2S+. The number of aliphatic hydroxyl groups is 1. The second-order valence-electron chi connectivity index (χ2n) is 7.27. The maximum Gasteiger partial charge on any atom is 0.360 e. The highest BCUT2D eigenvalue weighted by molar-refractivity contribution is 7.13. The van der Waals surface area contributed by atoms with Crippen LogP contribution in [0.1, 0.15) is 41.6 Å². The first-order valence-corrected chi connectivity index (χ1v) is 9.83. The van der Waals surface area contributed by atoms with E-state index < -0.39 is 5.60 Å². The van der Waals surface area contributed by atoms with Gasteiger partial charge < -0.3 is 10.0 Å². The molecule has 7 nitrogen and oxygen atoms in total. The van der Waals surface area contributed by atoms with Gasteiger partial charge in [-0.25, -0.2) is 9.97 Å². The van der Waals surface area contributed by atoms with Crippen molar-refractivity contribution in [3.05, 3.63) is 53.7 Å². The highest BCUT2D eigenvalue weighted by Gasteiger charge is 2.50. The number of carbonyl (C=O) groups excluding carboxylic acids is 1. The molecule has 2 fully saturated rings. The molecule has 2 unspecified atom stereocenters. The van der Waals surface area contributed by atoms with Crippen LogP contribution < -0.4 is 5.10 Å². The van der Waals surface area contributed by atoms with Crippen molar-refractivity contribution in [3.8, 4) is 10.4 Å². The average Bonchev–Trinajstić information content (AvgIpc) is 3.41. The molecule has 8 heteroatoms. The Balaban J connectivity index is 1.39. The fourth-order valence-corrected chi connectivity index (χ4v) is 5.27. The van der Waals surface area contributed by atoms with Crippen molar-refractivity contribution in [1.29, 1.82) is 0 Å². The van der Waals surface area contributed by atoms with Crippen LogP contribution in [0.15, 0.2) is 36.4 Å². The van der Waals surface area contributed by atoms with Crippen LogP contribution in [0.5, 0.6) is 0 Å². The van der Waals surface area contributed by atoms with Crippen LogP contribution in [0.4, 0.5) is 0 Å².